The zero-order valence-corrected chi connectivity index (χ0v) is 20.3. The number of aliphatic carboxylic acids is 1. The van der Waals surface area contributed by atoms with Gasteiger partial charge in [0.1, 0.15) is 18.1 Å². The van der Waals surface area contributed by atoms with Gasteiger partial charge in [0.25, 0.3) is 0 Å². The van der Waals surface area contributed by atoms with E-state index < -0.39 is 53.8 Å². The summed E-state index contributed by atoms with van der Waals surface area (Å²) in [7, 11) is 0. The normalized spacial score (nSPS) is 15.5. The Morgan fingerprint density at radius 2 is 1.59 bits per heavy atom. The average molecular weight is 494 g/mol. The highest BCUT2D eigenvalue weighted by Crippen LogP contribution is 2.10. The van der Waals surface area contributed by atoms with Gasteiger partial charge in [-0.1, -0.05) is 20.3 Å². The van der Waals surface area contributed by atoms with Gasteiger partial charge in [-0.05, 0) is 30.8 Å². The summed E-state index contributed by atoms with van der Waals surface area (Å²) in [4.78, 5) is 60.3. The Bertz CT molecular complexity index is 666. The standard InChI is InChI=1S/C19H35N5O6S2/c1-4-10(2)15(24-16(26)11(20)9-31)18(28)22-12(7-8-32-3)17(27)23-13(19(29)30)5-6-14(21)25/h10-13,15,31H,4-9,20H2,1-3H3,(H2,21,25)(H,22,28)(H,23,27)(H,24,26)(H,29,30). The second kappa shape index (κ2) is 15.8. The van der Waals surface area contributed by atoms with E-state index in [4.69, 9.17) is 11.5 Å². The van der Waals surface area contributed by atoms with Crippen molar-refractivity contribution in [2.45, 2.75) is 63.7 Å². The molecule has 0 bridgehead atoms. The Kier molecular flexibility index (Phi) is 14.8. The Hall–Kier alpha value is -1.99. The number of amides is 4. The fraction of sp³-hybridized carbons (Fsp3) is 0.737. The molecule has 0 aliphatic heterocycles. The molecule has 0 aromatic rings. The van der Waals surface area contributed by atoms with E-state index in [0.29, 0.717) is 12.2 Å². The first kappa shape index (κ1) is 30.0. The summed E-state index contributed by atoms with van der Waals surface area (Å²) in [6.07, 6.45) is 2.24. The molecule has 0 aliphatic carbocycles. The van der Waals surface area contributed by atoms with Crippen LogP contribution in [-0.4, -0.2) is 76.6 Å². The minimum absolute atomic E-state index is 0.0985. The number of carbonyl (C=O) groups is 5. The largest absolute Gasteiger partial charge is 0.480 e. The lowest BCUT2D eigenvalue weighted by atomic mass is 9.97. The van der Waals surface area contributed by atoms with Crippen LogP contribution in [0.4, 0.5) is 0 Å². The first-order valence-electron chi connectivity index (χ1n) is 10.3. The van der Waals surface area contributed by atoms with Crippen LogP contribution >= 0.6 is 24.4 Å². The zero-order valence-electron chi connectivity index (χ0n) is 18.6. The Morgan fingerprint density at radius 3 is 2.06 bits per heavy atom. The lowest BCUT2D eigenvalue weighted by molar-refractivity contribution is -0.142. The molecule has 5 atom stereocenters. The third-order valence-electron chi connectivity index (χ3n) is 4.86. The molecule has 0 radical (unpaired) electrons. The Labute approximate surface area is 198 Å². The van der Waals surface area contributed by atoms with Gasteiger partial charge in [-0.2, -0.15) is 24.4 Å². The van der Waals surface area contributed by atoms with Crippen molar-refractivity contribution in [1.82, 2.24) is 16.0 Å². The average Bonchev–Trinajstić information content (AvgIpc) is 2.75. The molecule has 0 aliphatic rings. The van der Waals surface area contributed by atoms with Crippen molar-refractivity contribution in [2.75, 3.05) is 17.8 Å². The number of carboxylic acid groups (broad SMARTS) is 1. The van der Waals surface area contributed by atoms with E-state index in [1.807, 2.05) is 13.2 Å². The molecule has 0 spiro atoms. The van der Waals surface area contributed by atoms with Gasteiger partial charge in [0, 0.05) is 12.2 Å². The summed E-state index contributed by atoms with van der Waals surface area (Å²) in [6, 6.07) is -4.20. The number of nitrogens with two attached hydrogens (primary N) is 2. The van der Waals surface area contributed by atoms with Gasteiger partial charge < -0.3 is 32.5 Å². The van der Waals surface area contributed by atoms with Crippen LogP contribution in [0.3, 0.4) is 0 Å². The van der Waals surface area contributed by atoms with E-state index in [0.717, 1.165) is 0 Å². The van der Waals surface area contributed by atoms with Crippen LogP contribution in [0.5, 0.6) is 0 Å². The fourth-order valence-corrected chi connectivity index (χ4v) is 3.26. The minimum atomic E-state index is -1.33. The highest BCUT2D eigenvalue weighted by Gasteiger charge is 2.32. The highest BCUT2D eigenvalue weighted by molar-refractivity contribution is 7.98. The smallest absolute Gasteiger partial charge is 0.326 e. The lowest BCUT2D eigenvalue weighted by Crippen LogP contribution is -2.59. The van der Waals surface area contributed by atoms with Crippen molar-refractivity contribution in [3.63, 3.8) is 0 Å². The number of thioether (sulfide) groups is 1. The van der Waals surface area contributed by atoms with Crippen LogP contribution in [0.25, 0.3) is 0 Å². The van der Waals surface area contributed by atoms with Crippen molar-refractivity contribution in [2.24, 2.45) is 17.4 Å². The van der Waals surface area contributed by atoms with E-state index in [-0.39, 0.29) is 30.9 Å². The number of rotatable bonds is 16. The first-order valence-corrected chi connectivity index (χ1v) is 12.3. The number of hydrogen-bond acceptors (Lipinski definition) is 8. The van der Waals surface area contributed by atoms with E-state index >= 15 is 0 Å². The van der Waals surface area contributed by atoms with Crippen LogP contribution < -0.4 is 27.4 Å². The summed E-state index contributed by atoms with van der Waals surface area (Å²) in [5.74, 6) is -3.47. The van der Waals surface area contributed by atoms with Crippen molar-refractivity contribution in [1.29, 1.82) is 0 Å². The number of nitrogens with one attached hydrogen (secondary N) is 3. The first-order chi connectivity index (χ1) is 15.0. The van der Waals surface area contributed by atoms with Gasteiger partial charge in [-0.25, -0.2) is 4.79 Å². The van der Waals surface area contributed by atoms with Crippen molar-refractivity contribution >= 4 is 54.0 Å². The number of hydrogen-bond donors (Lipinski definition) is 7. The monoisotopic (exact) mass is 493 g/mol. The molecule has 5 unspecified atom stereocenters. The maximum absolute atomic E-state index is 13.0. The summed E-state index contributed by atoms with van der Waals surface area (Å²) in [5.41, 5.74) is 10.7. The third-order valence-corrected chi connectivity index (χ3v) is 5.90. The van der Waals surface area contributed by atoms with Gasteiger partial charge in [0.2, 0.25) is 23.6 Å². The van der Waals surface area contributed by atoms with E-state index in [1.165, 1.54) is 11.8 Å². The van der Waals surface area contributed by atoms with Crippen LogP contribution in [-0.2, 0) is 24.0 Å². The minimum Gasteiger partial charge on any atom is -0.480 e. The van der Waals surface area contributed by atoms with E-state index in [2.05, 4.69) is 28.6 Å². The molecule has 0 fully saturated rings. The third kappa shape index (κ3) is 11.0. The summed E-state index contributed by atoms with van der Waals surface area (Å²) >= 11 is 5.43. The fourth-order valence-electron chi connectivity index (χ4n) is 2.63. The molecule has 0 rings (SSSR count). The number of primary amides is 1. The lowest BCUT2D eigenvalue weighted by Gasteiger charge is -2.27. The van der Waals surface area contributed by atoms with Gasteiger partial charge in [0.05, 0.1) is 6.04 Å². The Morgan fingerprint density at radius 1 is 1.00 bits per heavy atom. The summed E-state index contributed by atoms with van der Waals surface area (Å²) in [5, 5.41) is 16.9. The summed E-state index contributed by atoms with van der Waals surface area (Å²) < 4.78 is 0. The zero-order chi connectivity index (χ0) is 24.8. The molecule has 32 heavy (non-hydrogen) atoms. The van der Waals surface area contributed by atoms with Crippen LogP contribution in [0, 0.1) is 5.92 Å². The maximum Gasteiger partial charge on any atom is 0.326 e. The van der Waals surface area contributed by atoms with Crippen LogP contribution in [0.2, 0.25) is 0 Å². The van der Waals surface area contributed by atoms with E-state index in [1.54, 1.807) is 6.92 Å². The predicted molar refractivity (Wildman–Crippen MR) is 126 cm³/mol. The van der Waals surface area contributed by atoms with Crippen molar-refractivity contribution in [3.8, 4) is 0 Å². The van der Waals surface area contributed by atoms with Gasteiger partial charge in [-0.15, -0.1) is 0 Å². The molecule has 0 heterocycles. The van der Waals surface area contributed by atoms with E-state index in [9.17, 15) is 29.1 Å². The van der Waals surface area contributed by atoms with Gasteiger partial charge in [0.15, 0.2) is 0 Å². The van der Waals surface area contributed by atoms with Gasteiger partial charge >= 0.3 is 5.97 Å². The second-order valence-corrected chi connectivity index (χ2v) is 8.76. The SMILES string of the molecule is CCC(C)C(NC(=O)C(N)CS)C(=O)NC(CCSC)C(=O)NC(CCC(N)=O)C(=O)O. The van der Waals surface area contributed by atoms with Crippen molar-refractivity contribution in [3.05, 3.63) is 0 Å². The summed E-state index contributed by atoms with van der Waals surface area (Å²) in [6.45, 7) is 3.63. The molecule has 0 saturated heterocycles. The molecule has 4 amide bonds. The highest BCUT2D eigenvalue weighted by atomic mass is 32.2. The van der Waals surface area contributed by atoms with Crippen molar-refractivity contribution < 1.29 is 29.1 Å². The second-order valence-electron chi connectivity index (χ2n) is 7.41. The number of thiol groups is 1. The molecule has 184 valence electrons. The Balaban J connectivity index is 5.46. The molecule has 0 aromatic carbocycles. The number of carboxylic acids is 1. The van der Waals surface area contributed by atoms with Crippen LogP contribution in [0.15, 0.2) is 0 Å². The van der Waals surface area contributed by atoms with Crippen LogP contribution in [0.1, 0.15) is 39.5 Å². The molecule has 8 N–H and O–H groups in total. The molecular formula is C19H35N5O6S2. The molecule has 13 heteroatoms. The topological polar surface area (TPSA) is 194 Å². The number of carbonyl (C=O) groups excluding carboxylic acids is 4. The molecule has 0 saturated carbocycles. The maximum atomic E-state index is 13.0. The quantitative estimate of drug-likeness (QED) is 0.131. The molecule has 0 aromatic heterocycles. The van der Waals surface area contributed by atoms with Gasteiger partial charge in [-0.3, -0.25) is 19.2 Å². The molecular weight excluding hydrogens is 458 g/mol. The molecule has 11 nitrogen and oxygen atoms in total. The predicted octanol–water partition coefficient (Wildman–Crippen LogP) is -1.15.